The topological polar surface area (TPSA) is 58.9 Å². The summed E-state index contributed by atoms with van der Waals surface area (Å²) in [6.07, 6.45) is 1.81. The van der Waals surface area contributed by atoms with Gasteiger partial charge in [0.1, 0.15) is 0 Å². The van der Waals surface area contributed by atoms with Gasteiger partial charge in [0.2, 0.25) is 0 Å². The number of fused-ring (bicyclic) bond motifs is 1. The largest absolute Gasteiger partial charge is 0.328 e. The number of nitrogens with two attached hydrogens (primary N) is 1. The van der Waals surface area contributed by atoms with Crippen LogP contribution in [-0.4, -0.2) is 4.98 Å². The van der Waals surface area contributed by atoms with Gasteiger partial charge in [0.15, 0.2) is 0 Å². The molecule has 17 heavy (non-hydrogen) atoms. The lowest BCUT2D eigenvalue weighted by Crippen LogP contribution is -2.16. The number of hydrogen-bond acceptors (Lipinski definition) is 2. The third kappa shape index (κ3) is 2.11. The highest BCUT2D eigenvalue weighted by molar-refractivity contribution is 5.86. The molecule has 1 aromatic carbocycles. The summed E-state index contributed by atoms with van der Waals surface area (Å²) in [7, 11) is 0. The zero-order chi connectivity index (χ0) is 12.6. The summed E-state index contributed by atoms with van der Waals surface area (Å²) in [6, 6.07) is 5.78. The van der Waals surface area contributed by atoms with E-state index in [-0.39, 0.29) is 11.0 Å². The van der Waals surface area contributed by atoms with Gasteiger partial charge in [0.05, 0.1) is 0 Å². The van der Waals surface area contributed by atoms with Crippen LogP contribution in [-0.2, 0) is 12.0 Å². The van der Waals surface area contributed by atoms with Crippen LogP contribution in [0, 0.1) is 0 Å². The minimum absolute atomic E-state index is 0.00429. The van der Waals surface area contributed by atoms with E-state index in [1.54, 1.807) is 0 Å². The number of rotatable bonds is 1. The second-order valence-electron chi connectivity index (χ2n) is 5.37. The Labute approximate surface area is 101 Å². The van der Waals surface area contributed by atoms with Gasteiger partial charge in [-0.1, -0.05) is 26.8 Å². The van der Waals surface area contributed by atoms with Crippen molar-refractivity contribution >= 4 is 10.8 Å². The highest BCUT2D eigenvalue weighted by Crippen LogP contribution is 2.28. The summed E-state index contributed by atoms with van der Waals surface area (Å²) < 4.78 is 0. The molecule has 0 unspecified atom stereocenters. The van der Waals surface area contributed by atoms with Crippen LogP contribution in [0.5, 0.6) is 0 Å². The molecule has 0 bridgehead atoms. The number of aromatic nitrogens is 1. The van der Waals surface area contributed by atoms with E-state index in [0.29, 0.717) is 6.54 Å². The number of nitrogens with one attached hydrogen (secondary N) is 1. The second-order valence-corrected chi connectivity index (χ2v) is 5.37. The molecule has 3 N–H and O–H groups in total. The normalized spacial score (nSPS) is 12.0. The molecule has 1 aromatic heterocycles. The average Bonchev–Trinajstić information content (AvgIpc) is 2.27. The Bertz CT molecular complexity index is 606. The van der Waals surface area contributed by atoms with E-state index >= 15 is 0 Å². The fourth-order valence-electron chi connectivity index (χ4n) is 2.05. The summed E-state index contributed by atoms with van der Waals surface area (Å²) >= 11 is 0. The van der Waals surface area contributed by atoms with Crippen molar-refractivity contribution in [3.8, 4) is 0 Å². The van der Waals surface area contributed by atoms with Crippen LogP contribution in [0.25, 0.3) is 10.8 Å². The van der Waals surface area contributed by atoms with Gasteiger partial charge in [-0.3, -0.25) is 4.79 Å². The molecular formula is C14H18N2O. The van der Waals surface area contributed by atoms with Gasteiger partial charge in [-0.25, -0.2) is 0 Å². The monoisotopic (exact) mass is 230 g/mol. The first-order valence-electron chi connectivity index (χ1n) is 5.78. The number of H-pyrrole nitrogens is 1. The van der Waals surface area contributed by atoms with Crippen molar-refractivity contribution in [2.75, 3.05) is 0 Å². The lowest BCUT2D eigenvalue weighted by molar-refractivity contribution is 0.593. The van der Waals surface area contributed by atoms with Crippen molar-refractivity contribution < 1.29 is 0 Å². The number of hydrogen-bond donors (Lipinski definition) is 2. The fourth-order valence-corrected chi connectivity index (χ4v) is 2.05. The molecule has 3 nitrogen and oxygen atoms in total. The number of aromatic amines is 1. The molecular weight excluding hydrogens is 212 g/mol. The molecule has 0 atom stereocenters. The highest BCUT2D eigenvalue weighted by atomic mass is 16.1. The van der Waals surface area contributed by atoms with E-state index in [1.165, 1.54) is 0 Å². The molecule has 2 rings (SSSR count). The van der Waals surface area contributed by atoms with Gasteiger partial charge in [-0.2, -0.15) is 0 Å². The number of pyridine rings is 1. The zero-order valence-electron chi connectivity index (χ0n) is 10.5. The van der Waals surface area contributed by atoms with Crippen LogP contribution in [0.15, 0.2) is 29.2 Å². The maximum absolute atomic E-state index is 11.8. The van der Waals surface area contributed by atoms with Crippen molar-refractivity contribution in [1.29, 1.82) is 0 Å². The van der Waals surface area contributed by atoms with Crippen molar-refractivity contribution in [2.45, 2.75) is 32.7 Å². The average molecular weight is 230 g/mol. The van der Waals surface area contributed by atoms with Gasteiger partial charge in [0, 0.05) is 18.1 Å². The van der Waals surface area contributed by atoms with Crippen LogP contribution < -0.4 is 11.3 Å². The molecule has 0 aliphatic carbocycles. The molecule has 1 heterocycles. The lowest BCUT2D eigenvalue weighted by Gasteiger charge is -2.21. The van der Waals surface area contributed by atoms with Gasteiger partial charge >= 0.3 is 0 Å². The van der Waals surface area contributed by atoms with E-state index in [2.05, 4.69) is 25.8 Å². The van der Waals surface area contributed by atoms with Crippen molar-refractivity contribution in [3.63, 3.8) is 0 Å². The number of benzene rings is 1. The summed E-state index contributed by atoms with van der Waals surface area (Å²) in [5.41, 5.74) is 7.79. The molecule has 0 saturated carbocycles. The van der Waals surface area contributed by atoms with E-state index in [0.717, 1.165) is 21.9 Å². The first-order chi connectivity index (χ1) is 7.93. The van der Waals surface area contributed by atoms with Crippen molar-refractivity contribution in [3.05, 3.63) is 45.9 Å². The summed E-state index contributed by atoms with van der Waals surface area (Å²) in [4.78, 5) is 14.6. The Morgan fingerprint density at radius 1 is 1.24 bits per heavy atom. The van der Waals surface area contributed by atoms with Crippen LogP contribution >= 0.6 is 0 Å². The van der Waals surface area contributed by atoms with Crippen molar-refractivity contribution in [1.82, 2.24) is 4.98 Å². The van der Waals surface area contributed by atoms with E-state index in [1.807, 2.05) is 24.4 Å². The van der Waals surface area contributed by atoms with Gasteiger partial charge in [-0.05, 0) is 34.1 Å². The van der Waals surface area contributed by atoms with Gasteiger partial charge in [-0.15, -0.1) is 0 Å². The zero-order valence-corrected chi connectivity index (χ0v) is 10.5. The second kappa shape index (κ2) is 4.00. The van der Waals surface area contributed by atoms with Gasteiger partial charge in [0.25, 0.3) is 5.56 Å². The highest BCUT2D eigenvalue weighted by Gasteiger charge is 2.18. The Morgan fingerprint density at radius 2 is 1.94 bits per heavy atom. The molecule has 2 aromatic rings. The van der Waals surface area contributed by atoms with Crippen LogP contribution in [0.1, 0.15) is 31.9 Å². The third-order valence-corrected chi connectivity index (χ3v) is 3.01. The first kappa shape index (κ1) is 11.9. The quantitative estimate of drug-likeness (QED) is 0.789. The molecule has 0 amide bonds. The van der Waals surface area contributed by atoms with Gasteiger partial charge < -0.3 is 10.7 Å². The Morgan fingerprint density at radius 3 is 2.53 bits per heavy atom. The minimum atomic E-state index is -0.0448. The molecule has 0 radical (unpaired) electrons. The van der Waals surface area contributed by atoms with Crippen LogP contribution in [0.2, 0.25) is 0 Å². The third-order valence-electron chi connectivity index (χ3n) is 3.01. The van der Waals surface area contributed by atoms with E-state index in [9.17, 15) is 4.79 Å². The SMILES string of the molecule is CC(C)(C)c1c[nH]c(=O)c2ccc(CN)cc12. The maximum Gasteiger partial charge on any atom is 0.255 e. The maximum atomic E-state index is 11.8. The predicted molar refractivity (Wildman–Crippen MR) is 71.2 cm³/mol. The molecule has 0 aliphatic rings. The van der Waals surface area contributed by atoms with Crippen LogP contribution in [0.4, 0.5) is 0 Å². The Hall–Kier alpha value is -1.61. The molecule has 90 valence electrons. The molecule has 0 aliphatic heterocycles. The standard InChI is InChI=1S/C14H18N2O/c1-14(2,3)12-8-16-13(17)10-5-4-9(7-15)6-11(10)12/h4-6,8H,7,15H2,1-3H3,(H,16,17). The summed E-state index contributed by atoms with van der Waals surface area (Å²) in [6.45, 7) is 6.89. The predicted octanol–water partition coefficient (Wildman–Crippen LogP) is 2.28. The molecule has 0 saturated heterocycles. The lowest BCUT2D eigenvalue weighted by atomic mass is 9.85. The Balaban J connectivity index is 2.86. The minimum Gasteiger partial charge on any atom is -0.328 e. The summed E-state index contributed by atoms with van der Waals surface area (Å²) in [5.74, 6) is 0. The first-order valence-corrected chi connectivity index (χ1v) is 5.78. The van der Waals surface area contributed by atoms with E-state index in [4.69, 9.17) is 5.73 Å². The van der Waals surface area contributed by atoms with Crippen molar-refractivity contribution in [2.24, 2.45) is 5.73 Å². The Kier molecular flexibility index (Phi) is 2.79. The van der Waals surface area contributed by atoms with Crippen LogP contribution in [0.3, 0.4) is 0 Å². The molecule has 0 spiro atoms. The smallest absolute Gasteiger partial charge is 0.255 e. The molecule has 0 fully saturated rings. The molecule has 3 heteroatoms. The summed E-state index contributed by atoms with van der Waals surface area (Å²) in [5, 5.41) is 1.74. The fraction of sp³-hybridized carbons (Fsp3) is 0.357. The van der Waals surface area contributed by atoms with E-state index < -0.39 is 0 Å².